The second kappa shape index (κ2) is 8.91. The molecule has 0 aromatic carbocycles. The second-order valence-electron chi connectivity index (χ2n) is 6.57. The number of carbonyl (C=O) groups excluding carboxylic acids is 2. The molecule has 0 aliphatic heterocycles. The fourth-order valence-electron chi connectivity index (χ4n) is 3.42. The molecule has 1 aliphatic rings. The first-order chi connectivity index (χ1) is 12.7. The second-order valence-corrected chi connectivity index (χ2v) is 7.48. The Morgan fingerprint density at radius 1 is 1.15 bits per heavy atom. The summed E-state index contributed by atoms with van der Waals surface area (Å²) in [6.07, 6.45) is 9.00. The van der Waals surface area contributed by atoms with E-state index in [1.54, 1.807) is 36.0 Å². The van der Waals surface area contributed by atoms with Gasteiger partial charge in [0.2, 0.25) is 0 Å². The van der Waals surface area contributed by atoms with E-state index in [1.807, 2.05) is 0 Å². The molecule has 2 aromatic heterocycles. The Kier molecular flexibility index (Phi) is 6.35. The van der Waals surface area contributed by atoms with Gasteiger partial charge in [-0.3, -0.25) is 14.6 Å². The molecule has 0 radical (unpaired) electrons. The summed E-state index contributed by atoms with van der Waals surface area (Å²) < 4.78 is 0. The number of amides is 2. The SMILES string of the molecule is NCC(NC(=O)c1sccc1NC(=O)c1ccncc1)C1CCCCC1. The Morgan fingerprint density at radius 2 is 1.88 bits per heavy atom. The van der Waals surface area contributed by atoms with Crippen LogP contribution in [0.15, 0.2) is 36.0 Å². The highest BCUT2D eigenvalue weighted by molar-refractivity contribution is 7.12. The van der Waals surface area contributed by atoms with Gasteiger partial charge >= 0.3 is 0 Å². The Hall–Kier alpha value is -2.25. The zero-order valence-corrected chi connectivity index (χ0v) is 15.4. The van der Waals surface area contributed by atoms with E-state index in [9.17, 15) is 9.59 Å². The highest BCUT2D eigenvalue weighted by Crippen LogP contribution is 2.27. The minimum Gasteiger partial charge on any atom is -0.347 e. The number of nitrogens with one attached hydrogen (secondary N) is 2. The maximum absolute atomic E-state index is 12.7. The summed E-state index contributed by atoms with van der Waals surface area (Å²) in [6, 6.07) is 4.99. The predicted molar refractivity (Wildman–Crippen MR) is 103 cm³/mol. The van der Waals surface area contributed by atoms with Crippen molar-refractivity contribution >= 4 is 28.8 Å². The number of thiophene rings is 1. The number of aromatic nitrogens is 1. The van der Waals surface area contributed by atoms with Crippen molar-refractivity contribution in [2.24, 2.45) is 11.7 Å². The molecule has 1 unspecified atom stereocenters. The number of rotatable bonds is 6. The number of hydrogen-bond acceptors (Lipinski definition) is 5. The molecule has 3 rings (SSSR count). The van der Waals surface area contributed by atoms with Crippen LogP contribution in [0.3, 0.4) is 0 Å². The monoisotopic (exact) mass is 372 g/mol. The summed E-state index contributed by atoms with van der Waals surface area (Å²) in [5.41, 5.74) is 6.93. The summed E-state index contributed by atoms with van der Waals surface area (Å²) in [5, 5.41) is 7.69. The third-order valence-corrected chi connectivity index (χ3v) is 5.76. The Bertz CT molecular complexity index is 741. The molecule has 1 saturated carbocycles. The van der Waals surface area contributed by atoms with Crippen molar-refractivity contribution in [3.8, 4) is 0 Å². The van der Waals surface area contributed by atoms with Crippen LogP contribution in [0.2, 0.25) is 0 Å². The molecule has 0 saturated heterocycles. The van der Waals surface area contributed by atoms with Crippen LogP contribution in [-0.4, -0.2) is 29.4 Å². The number of carbonyl (C=O) groups is 2. The minimum atomic E-state index is -0.262. The van der Waals surface area contributed by atoms with Crippen molar-refractivity contribution in [1.82, 2.24) is 10.3 Å². The fourth-order valence-corrected chi connectivity index (χ4v) is 4.17. The zero-order chi connectivity index (χ0) is 18.4. The molecular formula is C19H24N4O2S. The van der Waals surface area contributed by atoms with Crippen LogP contribution in [0, 0.1) is 5.92 Å². The van der Waals surface area contributed by atoms with E-state index in [4.69, 9.17) is 5.73 Å². The van der Waals surface area contributed by atoms with Gasteiger partial charge in [0.05, 0.1) is 5.69 Å². The number of pyridine rings is 1. The van der Waals surface area contributed by atoms with Gasteiger partial charge in [-0.1, -0.05) is 19.3 Å². The molecule has 1 atom stereocenters. The molecule has 6 nitrogen and oxygen atoms in total. The maximum Gasteiger partial charge on any atom is 0.263 e. The lowest BCUT2D eigenvalue weighted by Gasteiger charge is -2.30. The average molecular weight is 372 g/mol. The summed E-state index contributed by atoms with van der Waals surface area (Å²) >= 11 is 1.31. The van der Waals surface area contributed by atoms with Crippen LogP contribution in [0.4, 0.5) is 5.69 Å². The van der Waals surface area contributed by atoms with Crippen LogP contribution in [0.5, 0.6) is 0 Å². The summed E-state index contributed by atoms with van der Waals surface area (Å²) in [6.45, 7) is 0.431. The van der Waals surface area contributed by atoms with Crippen molar-refractivity contribution in [1.29, 1.82) is 0 Å². The predicted octanol–water partition coefficient (Wildman–Crippen LogP) is 3.03. The molecule has 4 N–H and O–H groups in total. The summed E-state index contributed by atoms with van der Waals surface area (Å²) in [7, 11) is 0. The Morgan fingerprint density at radius 3 is 2.58 bits per heavy atom. The van der Waals surface area contributed by atoms with Crippen molar-refractivity contribution in [2.75, 3.05) is 11.9 Å². The first kappa shape index (κ1) is 18.5. The molecule has 1 fully saturated rings. The highest BCUT2D eigenvalue weighted by atomic mass is 32.1. The van der Waals surface area contributed by atoms with E-state index < -0.39 is 0 Å². The number of nitrogens with zero attached hydrogens (tertiary/aromatic N) is 1. The molecule has 2 aromatic rings. The van der Waals surface area contributed by atoms with E-state index in [0.29, 0.717) is 28.6 Å². The Labute approximate surface area is 157 Å². The first-order valence-corrected chi connectivity index (χ1v) is 9.87. The standard InChI is InChI=1S/C19H24N4O2S/c20-12-16(13-4-2-1-3-5-13)23-19(25)17-15(8-11-26-17)22-18(24)14-6-9-21-10-7-14/h6-11,13,16H,1-5,12,20H2,(H,22,24)(H,23,25). The third-order valence-electron chi connectivity index (χ3n) is 4.85. The molecule has 0 bridgehead atoms. The zero-order valence-electron chi connectivity index (χ0n) is 14.6. The lowest BCUT2D eigenvalue weighted by molar-refractivity contribution is 0.0920. The van der Waals surface area contributed by atoms with Gasteiger partial charge in [-0.15, -0.1) is 11.3 Å². The van der Waals surface area contributed by atoms with E-state index in [2.05, 4.69) is 15.6 Å². The average Bonchev–Trinajstić information content (AvgIpc) is 3.15. The smallest absolute Gasteiger partial charge is 0.263 e. The Balaban J connectivity index is 1.66. The molecule has 7 heteroatoms. The van der Waals surface area contributed by atoms with Gasteiger partial charge < -0.3 is 16.4 Å². The number of nitrogens with two attached hydrogens (primary N) is 1. The lowest BCUT2D eigenvalue weighted by Crippen LogP contribution is -2.45. The molecule has 2 amide bonds. The number of anilines is 1. The van der Waals surface area contributed by atoms with Crippen molar-refractivity contribution < 1.29 is 9.59 Å². The largest absolute Gasteiger partial charge is 0.347 e. The fraction of sp³-hybridized carbons (Fsp3) is 0.421. The van der Waals surface area contributed by atoms with Gasteiger partial charge in [-0.25, -0.2) is 0 Å². The highest BCUT2D eigenvalue weighted by Gasteiger charge is 2.26. The van der Waals surface area contributed by atoms with Crippen LogP contribution < -0.4 is 16.4 Å². The van der Waals surface area contributed by atoms with Crippen molar-refractivity contribution in [3.63, 3.8) is 0 Å². The van der Waals surface area contributed by atoms with Gasteiger partial charge in [0, 0.05) is 30.5 Å². The number of hydrogen-bond donors (Lipinski definition) is 3. The van der Waals surface area contributed by atoms with E-state index in [0.717, 1.165) is 12.8 Å². The molecule has 26 heavy (non-hydrogen) atoms. The van der Waals surface area contributed by atoms with E-state index >= 15 is 0 Å². The van der Waals surface area contributed by atoms with Gasteiger partial charge in [0.25, 0.3) is 11.8 Å². The van der Waals surface area contributed by atoms with Gasteiger partial charge in [-0.05, 0) is 42.3 Å². The van der Waals surface area contributed by atoms with Gasteiger partial charge in [-0.2, -0.15) is 0 Å². The minimum absolute atomic E-state index is 0.0198. The van der Waals surface area contributed by atoms with Crippen molar-refractivity contribution in [2.45, 2.75) is 38.1 Å². The van der Waals surface area contributed by atoms with Gasteiger partial charge in [0.15, 0.2) is 0 Å². The van der Waals surface area contributed by atoms with Gasteiger partial charge in [0.1, 0.15) is 4.88 Å². The topological polar surface area (TPSA) is 97.1 Å². The molecule has 1 aliphatic carbocycles. The van der Waals surface area contributed by atoms with E-state index in [1.165, 1.54) is 30.6 Å². The normalized spacial score (nSPS) is 16.0. The maximum atomic E-state index is 12.7. The van der Waals surface area contributed by atoms with Crippen LogP contribution in [0.25, 0.3) is 0 Å². The summed E-state index contributed by atoms with van der Waals surface area (Å²) in [5.74, 6) is 0.000999. The summed E-state index contributed by atoms with van der Waals surface area (Å²) in [4.78, 5) is 29.5. The molecule has 0 spiro atoms. The molecule has 2 heterocycles. The lowest BCUT2D eigenvalue weighted by atomic mass is 9.84. The van der Waals surface area contributed by atoms with Crippen LogP contribution in [0.1, 0.15) is 52.1 Å². The molecule has 138 valence electrons. The van der Waals surface area contributed by atoms with Crippen LogP contribution >= 0.6 is 11.3 Å². The van der Waals surface area contributed by atoms with E-state index in [-0.39, 0.29) is 17.9 Å². The quantitative estimate of drug-likeness (QED) is 0.726. The van der Waals surface area contributed by atoms with Crippen LogP contribution in [-0.2, 0) is 0 Å². The van der Waals surface area contributed by atoms with Crippen molar-refractivity contribution in [3.05, 3.63) is 46.4 Å². The third kappa shape index (κ3) is 4.47. The first-order valence-electron chi connectivity index (χ1n) is 8.99. The molecular weight excluding hydrogens is 348 g/mol.